The molecule has 0 saturated carbocycles. The van der Waals surface area contributed by atoms with Gasteiger partial charge in [0.25, 0.3) is 0 Å². The van der Waals surface area contributed by atoms with Crippen molar-refractivity contribution in [2.45, 2.75) is 0 Å². The highest BCUT2D eigenvalue weighted by Gasteiger charge is 2.05. The maximum atomic E-state index is 8.87. The summed E-state index contributed by atoms with van der Waals surface area (Å²) < 4.78 is 0. The number of allylic oxidation sites excluding steroid dienone is 6. The fourth-order valence-electron chi connectivity index (χ4n) is 0.845. The summed E-state index contributed by atoms with van der Waals surface area (Å²) in [5.41, 5.74) is 6.67. The lowest BCUT2D eigenvalue weighted by atomic mass is 10.1. The molecule has 2 heteroatoms. The molecular formula is C8H9NO. The molecule has 0 radical (unpaired) electrons. The van der Waals surface area contributed by atoms with Gasteiger partial charge in [0.05, 0.1) is 0 Å². The number of hydrogen-bond acceptors (Lipinski definition) is 2. The van der Waals surface area contributed by atoms with Crippen molar-refractivity contribution in [1.29, 1.82) is 0 Å². The summed E-state index contributed by atoms with van der Waals surface area (Å²) in [6.45, 7) is 3.57. The molecule has 1 rings (SSSR count). The van der Waals surface area contributed by atoms with Crippen molar-refractivity contribution in [2.24, 2.45) is 5.73 Å². The van der Waals surface area contributed by atoms with E-state index in [9.17, 15) is 0 Å². The molecule has 10 heavy (non-hydrogen) atoms. The van der Waals surface area contributed by atoms with Crippen molar-refractivity contribution in [3.63, 3.8) is 0 Å². The minimum absolute atomic E-state index is 0.153. The normalized spacial score (nSPS) is 20.6. The van der Waals surface area contributed by atoms with Crippen LogP contribution >= 0.6 is 0 Å². The third-order valence-electron chi connectivity index (χ3n) is 1.35. The zero-order valence-electron chi connectivity index (χ0n) is 5.54. The Balaban J connectivity index is 3.03. The van der Waals surface area contributed by atoms with E-state index in [2.05, 4.69) is 6.58 Å². The molecule has 1 aliphatic rings. The van der Waals surface area contributed by atoms with Crippen LogP contribution in [0.15, 0.2) is 47.9 Å². The van der Waals surface area contributed by atoms with Crippen LogP contribution in [0.4, 0.5) is 0 Å². The minimum atomic E-state index is -0.153. The number of aliphatic hydroxyl groups excluding tert-OH is 1. The molecule has 0 bridgehead atoms. The van der Waals surface area contributed by atoms with Crippen LogP contribution in [0.2, 0.25) is 0 Å². The molecule has 1 aliphatic carbocycles. The van der Waals surface area contributed by atoms with Crippen molar-refractivity contribution in [3.05, 3.63) is 47.9 Å². The van der Waals surface area contributed by atoms with E-state index in [4.69, 9.17) is 10.8 Å². The monoisotopic (exact) mass is 135 g/mol. The average molecular weight is 135 g/mol. The smallest absolute Gasteiger partial charge is 0.189 e. The number of rotatable bonds is 1. The summed E-state index contributed by atoms with van der Waals surface area (Å²) in [5, 5.41) is 8.87. The predicted octanol–water partition coefficient (Wildman–Crippen LogP) is 1.40. The third kappa shape index (κ3) is 0.957. The molecule has 0 fully saturated rings. The molecule has 0 aliphatic heterocycles. The number of aliphatic hydroxyl groups is 1. The van der Waals surface area contributed by atoms with Crippen LogP contribution in [0, 0.1) is 0 Å². The van der Waals surface area contributed by atoms with Gasteiger partial charge in [-0.3, -0.25) is 0 Å². The van der Waals surface area contributed by atoms with E-state index in [-0.39, 0.29) is 5.88 Å². The fraction of sp³-hybridized carbons (Fsp3) is 0. The summed E-state index contributed by atoms with van der Waals surface area (Å²) in [5.74, 6) is -0.153. The molecule has 0 aromatic rings. The van der Waals surface area contributed by atoms with Gasteiger partial charge < -0.3 is 10.8 Å². The van der Waals surface area contributed by atoms with Gasteiger partial charge in [0.2, 0.25) is 0 Å². The molecule has 52 valence electrons. The van der Waals surface area contributed by atoms with Gasteiger partial charge >= 0.3 is 0 Å². The van der Waals surface area contributed by atoms with E-state index < -0.39 is 0 Å². The Morgan fingerprint density at radius 2 is 2.40 bits per heavy atom. The van der Waals surface area contributed by atoms with E-state index in [1.807, 2.05) is 12.2 Å². The van der Waals surface area contributed by atoms with Crippen molar-refractivity contribution in [3.8, 4) is 0 Å². The lowest BCUT2D eigenvalue weighted by Gasteiger charge is -1.97. The highest BCUT2D eigenvalue weighted by molar-refractivity contribution is 5.53. The SMILES string of the molecule is C=CC1=CC=CC1=C(N)O. The van der Waals surface area contributed by atoms with Gasteiger partial charge in [-0.25, -0.2) is 0 Å². The Morgan fingerprint density at radius 3 is 2.80 bits per heavy atom. The van der Waals surface area contributed by atoms with E-state index in [1.54, 1.807) is 12.2 Å². The average Bonchev–Trinajstić information content (AvgIpc) is 2.33. The molecule has 0 saturated heterocycles. The quantitative estimate of drug-likeness (QED) is 0.534. The molecule has 0 atom stereocenters. The lowest BCUT2D eigenvalue weighted by molar-refractivity contribution is 0.402. The zero-order chi connectivity index (χ0) is 7.56. The molecule has 0 amide bonds. The minimum Gasteiger partial charge on any atom is -0.495 e. The summed E-state index contributed by atoms with van der Waals surface area (Å²) >= 11 is 0. The Kier molecular flexibility index (Phi) is 1.63. The summed E-state index contributed by atoms with van der Waals surface area (Å²) in [4.78, 5) is 0. The molecule has 2 nitrogen and oxygen atoms in total. The van der Waals surface area contributed by atoms with E-state index >= 15 is 0 Å². The van der Waals surface area contributed by atoms with E-state index in [0.29, 0.717) is 5.57 Å². The van der Waals surface area contributed by atoms with E-state index in [1.165, 1.54) is 0 Å². The Bertz CT molecular complexity index is 242. The van der Waals surface area contributed by atoms with Crippen molar-refractivity contribution in [1.82, 2.24) is 0 Å². The molecule has 0 aromatic heterocycles. The Morgan fingerprint density at radius 1 is 1.70 bits per heavy atom. The van der Waals surface area contributed by atoms with E-state index in [0.717, 1.165) is 5.57 Å². The van der Waals surface area contributed by atoms with Crippen LogP contribution in [0.25, 0.3) is 0 Å². The molecule has 3 N–H and O–H groups in total. The van der Waals surface area contributed by atoms with Crippen LogP contribution in [0.3, 0.4) is 0 Å². The Labute approximate surface area is 59.7 Å². The van der Waals surface area contributed by atoms with Crippen molar-refractivity contribution in [2.75, 3.05) is 0 Å². The first-order valence-corrected chi connectivity index (χ1v) is 2.95. The first-order chi connectivity index (χ1) is 4.75. The molecule has 0 unspecified atom stereocenters. The zero-order valence-corrected chi connectivity index (χ0v) is 5.54. The first-order valence-electron chi connectivity index (χ1n) is 2.95. The fourth-order valence-corrected chi connectivity index (χ4v) is 0.845. The summed E-state index contributed by atoms with van der Waals surface area (Å²) in [7, 11) is 0. The molecule has 0 heterocycles. The van der Waals surface area contributed by atoms with Gasteiger partial charge in [0.15, 0.2) is 5.88 Å². The van der Waals surface area contributed by atoms with Gasteiger partial charge in [0.1, 0.15) is 0 Å². The standard InChI is InChI=1S/C8H9NO/c1-2-6-4-3-5-7(6)8(9)10/h2-5,10H,1,9H2. The van der Waals surface area contributed by atoms with Crippen molar-refractivity contribution < 1.29 is 5.11 Å². The largest absolute Gasteiger partial charge is 0.495 e. The second-order valence-corrected chi connectivity index (χ2v) is 1.98. The lowest BCUT2D eigenvalue weighted by Crippen LogP contribution is -1.99. The highest BCUT2D eigenvalue weighted by Crippen LogP contribution is 2.19. The van der Waals surface area contributed by atoms with Crippen LogP contribution in [-0.2, 0) is 0 Å². The Hall–Kier alpha value is -1.44. The van der Waals surface area contributed by atoms with Crippen LogP contribution < -0.4 is 5.73 Å². The van der Waals surface area contributed by atoms with Gasteiger partial charge in [-0.2, -0.15) is 0 Å². The maximum absolute atomic E-state index is 8.87. The van der Waals surface area contributed by atoms with Gasteiger partial charge in [-0.05, 0) is 11.6 Å². The second kappa shape index (κ2) is 2.43. The first kappa shape index (κ1) is 6.68. The molecule has 0 aromatic carbocycles. The van der Waals surface area contributed by atoms with Crippen molar-refractivity contribution >= 4 is 0 Å². The summed E-state index contributed by atoms with van der Waals surface area (Å²) in [6.07, 6.45) is 7.05. The van der Waals surface area contributed by atoms with Crippen LogP contribution in [-0.4, -0.2) is 5.11 Å². The van der Waals surface area contributed by atoms with Gasteiger partial charge in [-0.15, -0.1) is 0 Å². The number of nitrogens with two attached hydrogens (primary N) is 1. The molecule has 0 spiro atoms. The highest BCUT2D eigenvalue weighted by atomic mass is 16.3. The van der Waals surface area contributed by atoms with Gasteiger partial charge in [-0.1, -0.05) is 24.8 Å². The number of hydrogen-bond donors (Lipinski definition) is 2. The second-order valence-electron chi connectivity index (χ2n) is 1.98. The summed E-state index contributed by atoms with van der Waals surface area (Å²) in [6, 6.07) is 0. The van der Waals surface area contributed by atoms with Crippen LogP contribution in [0.1, 0.15) is 0 Å². The molecular weight excluding hydrogens is 126 g/mol. The van der Waals surface area contributed by atoms with Gasteiger partial charge in [0, 0.05) is 5.57 Å². The predicted molar refractivity (Wildman–Crippen MR) is 41.3 cm³/mol. The topological polar surface area (TPSA) is 46.2 Å². The third-order valence-corrected chi connectivity index (χ3v) is 1.35. The van der Waals surface area contributed by atoms with Crippen LogP contribution in [0.5, 0.6) is 0 Å². The maximum Gasteiger partial charge on any atom is 0.189 e.